The molecule has 8 nitrogen and oxygen atoms in total. The highest BCUT2D eigenvalue weighted by atomic mass is 31.2. The fraction of sp³-hybridized carbons (Fsp3) is 0.900. The Hall–Kier alpha value is -1.21. The Balaban J connectivity index is 3.81. The van der Waals surface area contributed by atoms with E-state index in [1.54, 1.807) is 0 Å². The monoisotopic (exact) mass is 717 g/mol. The van der Waals surface area contributed by atoms with Gasteiger partial charge in [0.05, 0.1) is 6.61 Å². The van der Waals surface area contributed by atoms with Gasteiger partial charge in [0.15, 0.2) is 6.10 Å². The zero-order valence-corrected chi connectivity index (χ0v) is 32.8. The summed E-state index contributed by atoms with van der Waals surface area (Å²) < 4.78 is 26.2. The standard InChI is InChI=1S/C40H77O8P/c1-3-5-7-9-11-13-14-15-16-17-18-19-20-21-22-23-24-25-26-27-29-31-33-35-40(42)48-38(37-47-49(43,44)45)36-46-39(41)34-32-30-28-12-10-8-6-4-2/h27,29,38H,3-26,28,30-37H2,1-2H3,(H2,43,44,45)/b29-27+/t38-/m1/s1. The molecule has 9 heteroatoms. The van der Waals surface area contributed by atoms with Crippen molar-refractivity contribution in [1.29, 1.82) is 0 Å². The van der Waals surface area contributed by atoms with E-state index in [1.165, 1.54) is 148 Å². The Bertz CT molecular complexity index is 812. The van der Waals surface area contributed by atoms with Crippen LogP contribution >= 0.6 is 7.82 Å². The smallest absolute Gasteiger partial charge is 0.462 e. The van der Waals surface area contributed by atoms with Crippen molar-refractivity contribution in [3.63, 3.8) is 0 Å². The third-order valence-corrected chi connectivity index (χ3v) is 9.52. The first-order valence-electron chi connectivity index (χ1n) is 20.5. The fourth-order valence-corrected chi connectivity index (χ4v) is 6.33. The molecule has 0 saturated heterocycles. The van der Waals surface area contributed by atoms with Crippen LogP contribution in [0.1, 0.15) is 213 Å². The average Bonchev–Trinajstić information content (AvgIpc) is 3.07. The van der Waals surface area contributed by atoms with Crippen LogP contribution in [-0.4, -0.2) is 41.0 Å². The fourth-order valence-electron chi connectivity index (χ4n) is 5.97. The summed E-state index contributed by atoms with van der Waals surface area (Å²) in [5.41, 5.74) is 0. The maximum atomic E-state index is 12.3. The van der Waals surface area contributed by atoms with Gasteiger partial charge in [0.1, 0.15) is 6.61 Å². The summed E-state index contributed by atoms with van der Waals surface area (Å²) in [7, 11) is -4.75. The van der Waals surface area contributed by atoms with Crippen LogP contribution < -0.4 is 0 Å². The van der Waals surface area contributed by atoms with Gasteiger partial charge < -0.3 is 19.3 Å². The summed E-state index contributed by atoms with van der Waals surface area (Å²) in [5, 5.41) is 0. The Kier molecular flexibility index (Phi) is 35.7. The Morgan fingerprint density at radius 2 is 0.878 bits per heavy atom. The lowest BCUT2D eigenvalue weighted by Crippen LogP contribution is -2.29. The van der Waals surface area contributed by atoms with Crippen LogP contribution in [0.5, 0.6) is 0 Å². The van der Waals surface area contributed by atoms with Crippen molar-refractivity contribution < 1.29 is 37.9 Å². The number of phosphoric ester groups is 1. The molecule has 0 radical (unpaired) electrons. The van der Waals surface area contributed by atoms with E-state index in [0.29, 0.717) is 6.42 Å². The van der Waals surface area contributed by atoms with Crippen molar-refractivity contribution in [3.05, 3.63) is 12.2 Å². The molecular weight excluding hydrogens is 639 g/mol. The van der Waals surface area contributed by atoms with Gasteiger partial charge in [-0.1, -0.05) is 180 Å². The van der Waals surface area contributed by atoms with Gasteiger partial charge in [0.25, 0.3) is 0 Å². The molecule has 0 unspecified atom stereocenters. The number of hydrogen-bond donors (Lipinski definition) is 2. The maximum absolute atomic E-state index is 12.3. The summed E-state index contributed by atoms with van der Waals surface area (Å²) in [6.45, 7) is 3.64. The molecule has 0 fully saturated rings. The number of unbranched alkanes of at least 4 members (excludes halogenated alkanes) is 26. The quantitative estimate of drug-likeness (QED) is 0.0280. The van der Waals surface area contributed by atoms with Gasteiger partial charge in [0, 0.05) is 12.8 Å². The van der Waals surface area contributed by atoms with Crippen molar-refractivity contribution in [2.45, 2.75) is 219 Å². The van der Waals surface area contributed by atoms with Gasteiger partial charge in [-0.3, -0.25) is 14.1 Å². The zero-order chi connectivity index (χ0) is 36.1. The number of ether oxygens (including phenoxy) is 2. The number of carbonyl (C=O) groups excluding carboxylic acids is 2. The van der Waals surface area contributed by atoms with Gasteiger partial charge in [0.2, 0.25) is 0 Å². The van der Waals surface area contributed by atoms with Gasteiger partial charge in [-0.25, -0.2) is 4.57 Å². The van der Waals surface area contributed by atoms with E-state index in [4.69, 9.17) is 19.3 Å². The normalized spacial score (nSPS) is 12.5. The first-order valence-corrected chi connectivity index (χ1v) is 22.0. The highest BCUT2D eigenvalue weighted by Gasteiger charge is 2.22. The lowest BCUT2D eigenvalue weighted by atomic mass is 10.0. The highest BCUT2D eigenvalue weighted by Crippen LogP contribution is 2.36. The first-order chi connectivity index (χ1) is 23.8. The molecule has 0 aromatic carbocycles. The lowest BCUT2D eigenvalue weighted by Gasteiger charge is -2.18. The van der Waals surface area contributed by atoms with Crippen molar-refractivity contribution >= 4 is 19.8 Å². The van der Waals surface area contributed by atoms with Crippen LogP contribution in [0.4, 0.5) is 0 Å². The second-order valence-corrected chi connectivity index (χ2v) is 15.2. The molecule has 0 heterocycles. The summed E-state index contributed by atoms with van der Waals surface area (Å²) in [4.78, 5) is 42.6. The molecule has 0 aromatic heterocycles. The van der Waals surface area contributed by atoms with E-state index in [1.807, 2.05) is 0 Å². The number of esters is 2. The van der Waals surface area contributed by atoms with Crippen LogP contribution in [0.2, 0.25) is 0 Å². The van der Waals surface area contributed by atoms with Gasteiger partial charge >= 0.3 is 19.8 Å². The first kappa shape index (κ1) is 47.8. The van der Waals surface area contributed by atoms with Crippen molar-refractivity contribution in [2.24, 2.45) is 0 Å². The van der Waals surface area contributed by atoms with E-state index in [9.17, 15) is 14.2 Å². The minimum atomic E-state index is -4.75. The average molecular weight is 717 g/mol. The Labute approximate surface area is 301 Å². The molecule has 1 atom stereocenters. The SMILES string of the molecule is CCCCCCCCCCCCCCCCCCCC/C=C/CCCC(=O)O[C@H](COC(=O)CCCCCCCCCC)COP(=O)(O)O. The van der Waals surface area contributed by atoms with Crippen LogP contribution in [0.25, 0.3) is 0 Å². The Morgan fingerprint density at radius 1 is 0.510 bits per heavy atom. The largest absolute Gasteiger partial charge is 0.469 e. The second-order valence-electron chi connectivity index (χ2n) is 14.0. The molecule has 0 saturated carbocycles. The summed E-state index contributed by atoms with van der Waals surface area (Å²) in [6.07, 6.45) is 39.7. The molecular formula is C40H77O8P. The molecule has 2 N–H and O–H groups in total. The zero-order valence-electron chi connectivity index (χ0n) is 31.9. The van der Waals surface area contributed by atoms with Crippen molar-refractivity contribution in [3.8, 4) is 0 Å². The van der Waals surface area contributed by atoms with Crippen LogP contribution in [0.3, 0.4) is 0 Å². The minimum absolute atomic E-state index is 0.169. The topological polar surface area (TPSA) is 119 Å². The molecule has 0 aliphatic carbocycles. The predicted octanol–water partition coefficient (Wildman–Crippen LogP) is 12.2. The van der Waals surface area contributed by atoms with E-state index in [2.05, 4.69) is 30.5 Å². The molecule has 0 aliphatic rings. The summed E-state index contributed by atoms with van der Waals surface area (Å²) >= 11 is 0. The van der Waals surface area contributed by atoms with Crippen LogP contribution in [-0.2, 0) is 28.2 Å². The molecule has 0 aromatic rings. The predicted molar refractivity (Wildman–Crippen MR) is 202 cm³/mol. The minimum Gasteiger partial charge on any atom is -0.462 e. The van der Waals surface area contributed by atoms with E-state index >= 15 is 0 Å². The van der Waals surface area contributed by atoms with Gasteiger partial charge in [-0.2, -0.15) is 0 Å². The number of rotatable bonds is 38. The molecule has 0 bridgehead atoms. The molecule has 0 spiro atoms. The number of hydrogen-bond acceptors (Lipinski definition) is 6. The van der Waals surface area contributed by atoms with E-state index in [0.717, 1.165) is 32.1 Å². The maximum Gasteiger partial charge on any atom is 0.469 e. The molecule has 49 heavy (non-hydrogen) atoms. The molecule has 0 rings (SSSR count). The lowest BCUT2D eigenvalue weighted by molar-refractivity contribution is -0.161. The van der Waals surface area contributed by atoms with Crippen molar-refractivity contribution in [1.82, 2.24) is 0 Å². The van der Waals surface area contributed by atoms with E-state index < -0.39 is 32.5 Å². The third kappa shape index (κ3) is 39.4. The second kappa shape index (κ2) is 36.6. The Morgan fingerprint density at radius 3 is 1.31 bits per heavy atom. The van der Waals surface area contributed by atoms with E-state index in [-0.39, 0.29) is 19.4 Å². The molecule has 0 aliphatic heterocycles. The molecule has 0 amide bonds. The number of carbonyl (C=O) groups is 2. The van der Waals surface area contributed by atoms with Gasteiger partial charge in [-0.05, 0) is 32.1 Å². The third-order valence-electron chi connectivity index (χ3n) is 9.03. The highest BCUT2D eigenvalue weighted by molar-refractivity contribution is 7.46. The summed E-state index contributed by atoms with van der Waals surface area (Å²) in [6, 6.07) is 0. The van der Waals surface area contributed by atoms with Crippen molar-refractivity contribution in [2.75, 3.05) is 13.2 Å². The number of allylic oxidation sites excluding steroid dienone is 2. The van der Waals surface area contributed by atoms with Crippen LogP contribution in [0, 0.1) is 0 Å². The number of phosphoric acid groups is 1. The van der Waals surface area contributed by atoms with Gasteiger partial charge in [-0.15, -0.1) is 0 Å². The van der Waals surface area contributed by atoms with Crippen LogP contribution in [0.15, 0.2) is 12.2 Å². The molecule has 290 valence electrons. The summed E-state index contributed by atoms with van der Waals surface area (Å²) in [5.74, 6) is -0.918.